The second kappa shape index (κ2) is 6.93. The molecular weight excluding hydrogens is 352 g/mol. The molecule has 0 atom stereocenters. The van der Waals surface area contributed by atoms with Crippen molar-refractivity contribution in [2.45, 2.75) is 4.90 Å². The van der Waals surface area contributed by atoms with Gasteiger partial charge in [-0.05, 0) is 18.2 Å². The maximum Gasteiger partial charge on any atom is 0.278 e. The molecule has 3 aromatic rings. The summed E-state index contributed by atoms with van der Waals surface area (Å²) in [6.07, 6.45) is 2.46. The van der Waals surface area contributed by atoms with Crippen LogP contribution in [0.4, 0.5) is 11.5 Å². The quantitative estimate of drug-likeness (QED) is 0.730. The van der Waals surface area contributed by atoms with Gasteiger partial charge in [-0.25, -0.2) is 18.4 Å². The van der Waals surface area contributed by atoms with E-state index in [1.807, 2.05) is 6.07 Å². The highest BCUT2D eigenvalue weighted by Crippen LogP contribution is 2.26. The average molecular weight is 368 g/mol. The van der Waals surface area contributed by atoms with Gasteiger partial charge in [-0.15, -0.1) is 0 Å². The van der Waals surface area contributed by atoms with Crippen LogP contribution in [0, 0.1) is 0 Å². The van der Waals surface area contributed by atoms with Crippen molar-refractivity contribution in [1.82, 2.24) is 9.97 Å². The molecule has 0 aliphatic rings. The first-order chi connectivity index (χ1) is 12.4. The van der Waals surface area contributed by atoms with Gasteiger partial charge in [0, 0.05) is 17.5 Å². The number of para-hydroxylation sites is 1. The van der Waals surface area contributed by atoms with Crippen molar-refractivity contribution in [2.24, 2.45) is 0 Å². The Balaban J connectivity index is 2.03. The summed E-state index contributed by atoms with van der Waals surface area (Å²) in [5, 5.41) is 2.68. The van der Waals surface area contributed by atoms with Crippen LogP contribution in [-0.4, -0.2) is 30.5 Å². The molecule has 1 heterocycles. The number of hydrogen-bond donors (Lipinski definition) is 2. The Morgan fingerprint density at radius 3 is 2.38 bits per heavy atom. The number of nitrogen functional groups attached to an aromatic ring is 1. The molecule has 8 heteroatoms. The zero-order valence-electron chi connectivity index (χ0n) is 13.9. The van der Waals surface area contributed by atoms with Crippen molar-refractivity contribution in [1.29, 1.82) is 0 Å². The van der Waals surface area contributed by atoms with Crippen LogP contribution < -0.4 is 11.1 Å². The number of nitrogens with two attached hydrogens (primary N) is 1. The number of carbonyl (C=O) groups is 1. The third-order valence-corrected chi connectivity index (χ3v) is 4.76. The number of rotatable bonds is 4. The molecule has 2 aromatic carbocycles. The van der Waals surface area contributed by atoms with Gasteiger partial charge in [0.05, 0.1) is 16.8 Å². The second-order valence-corrected chi connectivity index (χ2v) is 7.56. The summed E-state index contributed by atoms with van der Waals surface area (Å²) in [5.41, 5.74) is 6.91. The van der Waals surface area contributed by atoms with Gasteiger partial charge in [-0.3, -0.25) is 4.79 Å². The number of nitrogens with zero attached hydrogens (tertiary/aromatic N) is 2. The van der Waals surface area contributed by atoms with Gasteiger partial charge < -0.3 is 11.1 Å². The van der Waals surface area contributed by atoms with Gasteiger partial charge in [-0.1, -0.05) is 36.4 Å². The van der Waals surface area contributed by atoms with Crippen molar-refractivity contribution in [3.05, 3.63) is 66.5 Å². The highest BCUT2D eigenvalue weighted by atomic mass is 32.2. The lowest BCUT2D eigenvalue weighted by atomic mass is 10.1. The Morgan fingerprint density at radius 1 is 1.04 bits per heavy atom. The van der Waals surface area contributed by atoms with E-state index in [0.29, 0.717) is 11.3 Å². The van der Waals surface area contributed by atoms with Crippen molar-refractivity contribution >= 4 is 27.2 Å². The minimum absolute atomic E-state index is 0.0426. The molecule has 0 aliphatic carbocycles. The Labute approximate surface area is 150 Å². The number of carbonyl (C=O) groups excluding carboxylic acids is 1. The summed E-state index contributed by atoms with van der Waals surface area (Å²) < 4.78 is 24.0. The molecule has 26 heavy (non-hydrogen) atoms. The molecule has 7 nitrogen and oxygen atoms in total. The summed E-state index contributed by atoms with van der Waals surface area (Å²) in [5.74, 6) is -0.570. The van der Waals surface area contributed by atoms with E-state index in [2.05, 4.69) is 15.3 Å². The van der Waals surface area contributed by atoms with E-state index in [4.69, 9.17) is 5.73 Å². The third kappa shape index (κ3) is 3.70. The number of nitrogens with one attached hydrogen (secondary N) is 1. The highest BCUT2D eigenvalue weighted by Gasteiger charge is 2.19. The molecule has 132 valence electrons. The Hall–Kier alpha value is -3.26. The Morgan fingerprint density at radius 2 is 1.69 bits per heavy atom. The van der Waals surface area contributed by atoms with E-state index in [1.165, 1.54) is 12.3 Å². The van der Waals surface area contributed by atoms with Crippen LogP contribution in [0.15, 0.2) is 65.7 Å². The van der Waals surface area contributed by atoms with Crippen LogP contribution >= 0.6 is 0 Å². The van der Waals surface area contributed by atoms with E-state index in [0.717, 1.165) is 6.26 Å². The van der Waals surface area contributed by atoms with Crippen molar-refractivity contribution < 1.29 is 13.2 Å². The maximum atomic E-state index is 12.5. The first-order valence-electron chi connectivity index (χ1n) is 7.64. The molecule has 0 aliphatic heterocycles. The fourth-order valence-electron chi connectivity index (χ4n) is 2.41. The Kier molecular flexibility index (Phi) is 4.68. The molecule has 0 bridgehead atoms. The second-order valence-electron chi connectivity index (χ2n) is 5.58. The van der Waals surface area contributed by atoms with E-state index in [1.54, 1.807) is 42.5 Å². The molecule has 0 radical (unpaired) electrons. The van der Waals surface area contributed by atoms with Crippen LogP contribution in [0.1, 0.15) is 10.5 Å². The number of sulfone groups is 1. The SMILES string of the molecule is CS(=O)(=O)c1ccccc1-c1cnc(N)c(C(=O)Nc2ccccc2)n1. The molecule has 1 aromatic heterocycles. The molecule has 0 unspecified atom stereocenters. The van der Waals surface area contributed by atoms with Crippen molar-refractivity contribution in [3.8, 4) is 11.3 Å². The predicted molar refractivity (Wildman–Crippen MR) is 99.4 cm³/mol. The number of hydrogen-bond acceptors (Lipinski definition) is 6. The summed E-state index contributed by atoms with van der Waals surface area (Å²) in [6, 6.07) is 15.2. The molecule has 0 saturated heterocycles. The normalized spacial score (nSPS) is 11.1. The zero-order valence-corrected chi connectivity index (χ0v) is 14.7. The van der Waals surface area contributed by atoms with Gasteiger partial charge >= 0.3 is 0 Å². The van der Waals surface area contributed by atoms with Gasteiger partial charge in [0.15, 0.2) is 21.3 Å². The average Bonchev–Trinajstić information content (AvgIpc) is 2.62. The fourth-order valence-corrected chi connectivity index (χ4v) is 3.31. The lowest BCUT2D eigenvalue weighted by Crippen LogP contribution is -2.17. The topological polar surface area (TPSA) is 115 Å². The first-order valence-corrected chi connectivity index (χ1v) is 9.54. The fraction of sp³-hybridized carbons (Fsp3) is 0.0556. The molecule has 1 amide bonds. The van der Waals surface area contributed by atoms with Crippen LogP contribution in [-0.2, 0) is 9.84 Å². The molecule has 0 fully saturated rings. The summed E-state index contributed by atoms with van der Waals surface area (Å²) >= 11 is 0. The van der Waals surface area contributed by atoms with Crippen LogP contribution in [0.25, 0.3) is 11.3 Å². The Bertz CT molecular complexity index is 1070. The zero-order chi connectivity index (χ0) is 18.7. The van der Waals surface area contributed by atoms with E-state index < -0.39 is 15.7 Å². The highest BCUT2D eigenvalue weighted by molar-refractivity contribution is 7.90. The summed E-state index contributed by atoms with van der Waals surface area (Å²) in [6.45, 7) is 0. The van der Waals surface area contributed by atoms with E-state index in [-0.39, 0.29) is 22.1 Å². The summed E-state index contributed by atoms with van der Waals surface area (Å²) in [7, 11) is -3.47. The lowest BCUT2D eigenvalue weighted by Gasteiger charge is -2.10. The minimum Gasteiger partial charge on any atom is -0.382 e. The molecule has 3 rings (SSSR count). The number of amides is 1. The van der Waals surface area contributed by atoms with Gasteiger partial charge in [0.1, 0.15) is 0 Å². The van der Waals surface area contributed by atoms with E-state index in [9.17, 15) is 13.2 Å². The molecule has 0 saturated carbocycles. The predicted octanol–water partition coefficient (Wildman–Crippen LogP) is 2.38. The van der Waals surface area contributed by atoms with Crippen LogP contribution in [0.3, 0.4) is 0 Å². The third-order valence-electron chi connectivity index (χ3n) is 3.61. The van der Waals surface area contributed by atoms with Crippen molar-refractivity contribution in [3.63, 3.8) is 0 Å². The van der Waals surface area contributed by atoms with Crippen molar-refractivity contribution in [2.75, 3.05) is 17.3 Å². The van der Waals surface area contributed by atoms with Gasteiger partial charge in [0.25, 0.3) is 5.91 Å². The van der Waals surface area contributed by atoms with Crippen LogP contribution in [0.5, 0.6) is 0 Å². The molecule has 3 N–H and O–H groups in total. The van der Waals surface area contributed by atoms with Crippen LogP contribution in [0.2, 0.25) is 0 Å². The standard InChI is InChI=1S/C18H16N4O3S/c1-26(24,25)15-10-6-5-9-13(15)14-11-20-17(19)16(22-14)18(23)21-12-7-3-2-4-8-12/h2-11H,1H3,(H2,19,20)(H,21,23). The van der Waals surface area contributed by atoms with E-state index >= 15 is 0 Å². The molecule has 0 spiro atoms. The van der Waals surface area contributed by atoms with Gasteiger partial charge in [-0.2, -0.15) is 0 Å². The lowest BCUT2D eigenvalue weighted by molar-refractivity contribution is 0.102. The largest absolute Gasteiger partial charge is 0.382 e. The molecular formula is C18H16N4O3S. The maximum absolute atomic E-state index is 12.5. The smallest absolute Gasteiger partial charge is 0.278 e. The minimum atomic E-state index is -3.47. The number of anilines is 2. The monoisotopic (exact) mass is 368 g/mol. The number of benzene rings is 2. The van der Waals surface area contributed by atoms with Gasteiger partial charge in [0.2, 0.25) is 0 Å². The summed E-state index contributed by atoms with van der Waals surface area (Å²) in [4.78, 5) is 20.8. The number of aromatic nitrogens is 2. The first kappa shape index (κ1) is 17.6.